The van der Waals surface area contributed by atoms with Crippen LogP contribution in [-0.4, -0.2) is 99.6 Å². The summed E-state index contributed by atoms with van der Waals surface area (Å²) in [5.41, 5.74) is 2.92. The molecule has 3 amide bonds. The number of nitrogens with zero attached hydrogens (tertiary/aromatic N) is 4. The number of ether oxygens (including phenoxy) is 2. The normalized spacial score (nSPS) is 12.7. The standard InChI is InChI=1S/C39H54N8O4.C2H4O2/c1-11-27(7)46(37(48)35(40-9)25(3)4)23-33-41-21-31(43-33)19-17-29-13-15-30(16-14-29)18-20-32-22-42-34(44-32)24-47(28(8)12-2)38(49)36(26(5)6)45-39(50)51-10;1-4-2-3/h13-16,21-22,25-28,35-36,40H,11-12,23-24H2,1-10H3,(H,41,43)(H,42,44)(H,45,50);2H,1H3/t27-,28-,35?,36-;/m0./s1. The summed E-state index contributed by atoms with van der Waals surface area (Å²) in [4.78, 5) is 66.7. The van der Waals surface area contributed by atoms with Gasteiger partial charge in [-0.15, -0.1) is 0 Å². The number of aromatic nitrogens is 4. The number of aromatic amines is 2. The highest BCUT2D eigenvalue weighted by Crippen LogP contribution is 2.16. The first-order valence-corrected chi connectivity index (χ1v) is 18.5. The second-order valence-corrected chi connectivity index (χ2v) is 13.7. The molecule has 4 N–H and O–H groups in total. The Morgan fingerprint density at radius 3 is 1.47 bits per heavy atom. The number of rotatable bonds is 15. The van der Waals surface area contributed by atoms with Crippen LogP contribution < -0.4 is 10.6 Å². The van der Waals surface area contributed by atoms with Crippen molar-refractivity contribution in [2.75, 3.05) is 21.3 Å². The highest BCUT2D eigenvalue weighted by molar-refractivity contribution is 5.86. The molecule has 55 heavy (non-hydrogen) atoms. The Kier molecular flexibility index (Phi) is 19.3. The van der Waals surface area contributed by atoms with Crippen molar-refractivity contribution in [3.8, 4) is 23.7 Å². The fourth-order valence-electron chi connectivity index (χ4n) is 5.39. The fourth-order valence-corrected chi connectivity index (χ4v) is 5.39. The van der Waals surface area contributed by atoms with Gasteiger partial charge in [-0.05, 0) is 81.7 Å². The molecular formula is C41H58N8O6. The van der Waals surface area contributed by atoms with Gasteiger partial charge in [0.2, 0.25) is 11.8 Å². The van der Waals surface area contributed by atoms with Gasteiger partial charge < -0.3 is 39.9 Å². The van der Waals surface area contributed by atoms with Crippen LogP contribution in [0.4, 0.5) is 4.79 Å². The van der Waals surface area contributed by atoms with Gasteiger partial charge in [0.15, 0.2) is 0 Å². The highest BCUT2D eigenvalue weighted by atomic mass is 16.5. The Balaban J connectivity index is 0.00000248. The van der Waals surface area contributed by atoms with Gasteiger partial charge in [-0.3, -0.25) is 14.4 Å². The molecule has 3 aromatic rings. The average molecular weight is 759 g/mol. The summed E-state index contributed by atoms with van der Waals surface area (Å²) in [6.45, 7) is 16.9. The van der Waals surface area contributed by atoms with E-state index >= 15 is 0 Å². The maximum atomic E-state index is 13.5. The van der Waals surface area contributed by atoms with E-state index in [1.165, 1.54) is 14.2 Å². The van der Waals surface area contributed by atoms with E-state index in [0.717, 1.165) is 24.0 Å². The van der Waals surface area contributed by atoms with Gasteiger partial charge >= 0.3 is 6.09 Å². The van der Waals surface area contributed by atoms with Crippen LogP contribution in [0.3, 0.4) is 0 Å². The van der Waals surface area contributed by atoms with Crippen molar-refractivity contribution < 1.29 is 28.7 Å². The van der Waals surface area contributed by atoms with Crippen LogP contribution in [0.15, 0.2) is 36.7 Å². The predicted octanol–water partition coefficient (Wildman–Crippen LogP) is 4.60. The molecule has 1 aromatic carbocycles. The number of likely N-dealkylation sites (N-methyl/N-ethyl adjacent to an activating group) is 1. The summed E-state index contributed by atoms with van der Waals surface area (Å²) in [5, 5.41) is 5.82. The second-order valence-electron chi connectivity index (χ2n) is 13.7. The summed E-state index contributed by atoms with van der Waals surface area (Å²) >= 11 is 0. The third kappa shape index (κ3) is 14.3. The van der Waals surface area contributed by atoms with Gasteiger partial charge in [0, 0.05) is 23.2 Å². The van der Waals surface area contributed by atoms with E-state index in [0.29, 0.717) is 36.1 Å². The molecule has 0 radical (unpaired) electrons. The first kappa shape index (κ1) is 45.6. The van der Waals surface area contributed by atoms with Crippen molar-refractivity contribution in [3.63, 3.8) is 0 Å². The lowest BCUT2D eigenvalue weighted by molar-refractivity contribution is -0.138. The lowest BCUT2D eigenvalue weighted by Gasteiger charge is -2.33. The van der Waals surface area contributed by atoms with Crippen molar-refractivity contribution in [1.82, 2.24) is 40.4 Å². The number of nitrogens with one attached hydrogen (secondary N) is 4. The Hall–Kier alpha value is -5.60. The number of carbonyl (C=O) groups is 4. The van der Waals surface area contributed by atoms with Crippen molar-refractivity contribution in [2.45, 2.75) is 105 Å². The fraction of sp³-hybridized carbons (Fsp3) is 0.512. The van der Waals surface area contributed by atoms with Crippen LogP contribution in [0, 0.1) is 35.5 Å². The first-order valence-electron chi connectivity index (χ1n) is 18.5. The summed E-state index contributed by atoms with van der Waals surface area (Å²) in [6, 6.07) is 6.62. The van der Waals surface area contributed by atoms with Crippen molar-refractivity contribution >= 4 is 24.4 Å². The van der Waals surface area contributed by atoms with E-state index in [9.17, 15) is 14.4 Å². The zero-order chi connectivity index (χ0) is 41.1. The topological polar surface area (TPSA) is 175 Å². The van der Waals surface area contributed by atoms with Gasteiger partial charge in [0.05, 0.1) is 45.7 Å². The molecule has 0 aliphatic heterocycles. The smallest absolute Gasteiger partial charge is 0.407 e. The van der Waals surface area contributed by atoms with E-state index < -0.39 is 12.1 Å². The molecule has 14 heteroatoms. The average Bonchev–Trinajstić information content (AvgIpc) is 3.84. The Bertz CT molecular complexity index is 1790. The number of methoxy groups -OCH3 is 2. The molecule has 0 aliphatic rings. The number of alkyl carbamates (subject to hydrolysis) is 1. The first-order chi connectivity index (χ1) is 26.2. The minimum atomic E-state index is -0.728. The van der Waals surface area contributed by atoms with Gasteiger partial charge in [0.1, 0.15) is 29.1 Å². The summed E-state index contributed by atoms with van der Waals surface area (Å²) in [6.07, 6.45) is 4.27. The van der Waals surface area contributed by atoms with Crippen LogP contribution >= 0.6 is 0 Å². The number of hydrogen-bond donors (Lipinski definition) is 4. The summed E-state index contributed by atoms with van der Waals surface area (Å²) in [5.74, 6) is 13.7. The molecule has 0 fully saturated rings. The summed E-state index contributed by atoms with van der Waals surface area (Å²) < 4.78 is 8.59. The van der Waals surface area contributed by atoms with Crippen LogP contribution in [-0.2, 0) is 36.9 Å². The largest absolute Gasteiger partial charge is 0.471 e. The van der Waals surface area contributed by atoms with Crippen LogP contribution in [0.25, 0.3) is 0 Å². The molecule has 0 aliphatic carbocycles. The van der Waals surface area contributed by atoms with E-state index in [4.69, 9.17) is 9.53 Å². The number of carbonyl (C=O) groups excluding carboxylic acids is 4. The van der Waals surface area contributed by atoms with Gasteiger partial charge in [-0.1, -0.05) is 53.4 Å². The molecule has 3 rings (SSSR count). The quantitative estimate of drug-likeness (QED) is 0.128. The van der Waals surface area contributed by atoms with Crippen LogP contribution in [0.2, 0.25) is 0 Å². The molecule has 14 nitrogen and oxygen atoms in total. The number of amides is 3. The van der Waals surface area contributed by atoms with Crippen molar-refractivity contribution in [1.29, 1.82) is 0 Å². The second kappa shape index (κ2) is 23.2. The number of hydrogen-bond acceptors (Lipinski definition) is 9. The van der Waals surface area contributed by atoms with Crippen LogP contribution in [0.1, 0.15) is 102 Å². The number of imidazole rings is 2. The SMILES string of the molecule is CC[C@H](C)N(Cc1ncc(C#Cc2ccc(C#Cc3cnc(CN(C(=O)[C@@H](NC(=O)OC)C(C)C)[C@@H](C)CC)[nH]3)cc2)[nH]1)C(=O)C(NC)C(C)C.COC=O. The third-order valence-corrected chi connectivity index (χ3v) is 9.01. The molecule has 4 atom stereocenters. The van der Waals surface area contributed by atoms with Gasteiger partial charge in [-0.2, -0.15) is 0 Å². The van der Waals surface area contributed by atoms with Crippen molar-refractivity contribution in [3.05, 3.63) is 70.8 Å². The summed E-state index contributed by atoms with van der Waals surface area (Å²) in [7, 11) is 4.41. The maximum Gasteiger partial charge on any atom is 0.407 e. The van der Waals surface area contributed by atoms with E-state index in [1.807, 2.05) is 77.8 Å². The molecule has 0 bridgehead atoms. The van der Waals surface area contributed by atoms with E-state index in [2.05, 4.69) is 72.8 Å². The zero-order valence-corrected chi connectivity index (χ0v) is 34.1. The van der Waals surface area contributed by atoms with E-state index in [-0.39, 0.29) is 48.3 Å². The Morgan fingerprint density at radius 1 is 0.745 bits per heavy atom. The molecule has 2 heterocycles. The van der Waals surface area contributed by atoms with E-state index in [1.54, 1.807) is 17.3 Å². The maximum absolute atomic E-state index is 13.5. The van der Waals surface area contributed by atoms with Gasteiger partial charge in [-0.25, -0.2) is 14.8 Å². The molecule has 2 aromatic heterocycles. The lowest BCUT2D eigenvalue weighted by atomic mass is 10.0. The number of benzene rings is 1. The monoisotopic (exact) mass is 758 g/mol. The molecule has 0 saturated carbocycles. The van der Waals surface area contributed by atoms with Gasteiger partial charge in [0.25, 0.3) is 6.47 Å². The van der Waals surface area contributed by atoms with Crippen LogP contribution in [0.5, 0.6) is 0 Å². The Morgan fingerprint density at radius 2 is 1.15 bits per heavy atom. The minimum Gasteiger partial charge on any atom is -0.471 e. The molecule has 0 spiro atoms. The molecule has 0 saturated heterocycles. The minimum absolute atomic E-state index is 0.0634. The molecule has 298 valence electrons. The molecular weight excluding hydrogens is 701 g/mol. The highest BCUT2D eigenvalue weighted by Gasteiger charge is 2.32. The Labute approximate surface area is 325 Å². The third-order valence-electron chi connectivity index (χ3n) is 9.01. The number of H-pyrrole nitrogens is 2. The molecule has 1 unspecified atom stereocenters. The lowest BCUT2D eigenvalue weighted by Crippen LogP contribution is -2.53. The zero-order valence-electron chi connectivity index (χ0n) is 34.1. The van der Waals surface area contributed by atoms with Crippen molar-refractivity contribution in [2.24, 2.45) is 11.8 Å². The predicted molar refractivity (Wildman–Crippen MR) is 211 cm³/mol.